The molecule has 0 saturated carbocycles. The first kappa shape index (κ1) is 7.18. The van der Waals surface area contributed by atoms with Gasteiger partial charge in [-0.1, -0.05) is 25.1 Å². The van der Waals surface area contributed by atoms with Crippen molar-refractivity contribution >= 4 is 22.4 Å². The van der Waals surface area contributed by atoms with Crippen LogP contribution in [0.1, 0.15) is 6.92 Å². The minimum absolute atomic E-state index is 0.238. The van der Waals surface area contributed by atoms with Gasteiger partial charge in [-0.3, -0.25) is 4.21 Å². The molecule has 0 rings (SSSR count). The van der Waals surface area contributed by atoms with Crippen LogP contribution in [0.2, 0.25) is 0 Å². The van der Waals surface area contributed by atoms with E-state index in [9.17, 15) is 4.21 Å². The van der Waals surface area contributed by atoms with Crippen molar-refractivity contribution in [3.05, 3.63) is 10.9 Å². The molecule has 0 heterocycles. The van der Waals surface area contributed by atoms with Crippen LogP contribution in [0.15, 0.2) is 10.9 Å². The Kier molecular flexibility index (Phi) is 3.30. The highest BCUT2D eigenvalue weighted by Gasteiger charge is 1.93. The molecule has 42 valence electrons. The summed E-state index contributed by atoms with van der Waals surface area (Å²) in [4.78, 5) is 0. The van der Waals surface area contributed by atoms with Crippen molar-refractivity contribution < 1.29 is 4.21 Å². The van der Waals surface area contributed by atoms with Crippen LogP contribution in [0.25, 0.3) is 0 Å². The Labute approximate surface area is 50.8 Å². The van der Waals surface area contributed by atoms with Crippen molar-refractivity contribution in [2.45, 2.75) is 6.92 Å². The second-order valence-electron chi connectivity index (χ2n) is 0.989. The molecule has 0 fully saturated rings. The van der Waals surface area contributed by atoms with Crippen LogP contribution >= 0.6 is 11.6 Å². The number of halogens is 1. The van der Waals surface area contributed by atoms with Crippen molar-refractivity contribution in [1.29, 1.82) is 0 Å². The standard InChI is InChI=1S/C4H7ClOS/c1-3-7(6)4(2)5/h2-3H2,1H3. The Morgan fingerprint density at radius 2 is 2.43 bits per heavy atom. The SMILES string of the molecule is C=C(Cl)S(=O)CC. The molecule has 0 aliphatic rings. The highest BCUT2D eigenvalue weighted by atomic mass is 35.5. The smallest absolute Gasteiger partial charge is 0.0974 e. The quantitative estimate of drug-likeness (QED) is 0.565. The lowest BCUT2D eigenvalue weighted by Gasteiger charge is -1.87. The van der Waals surface area contributed by atoms with Gasteiger partial charge in [0.05, 0.1) is 15.2 Å². The normalized spacial score (nSPS) is 13.4. The van der Waals surface area contributed by atoms with Gasteiger partial charge < -0.3 is 0 Å². The highest BCUT2D eigenvalue weighted by molar-refractivity contribution is 7.90. The summed E-state index contributed by atoms with van der Waals surface area (Å²) in [6, 6.07) is 0. The molecule has 0 aliphatic heterocycles. The molecule has 0 aliphatic carbocycles. The third kappa shape index (κ3) is 2.83. The first-order valence-corrected chi connectivity index (χ1v) is 3.61. The van der Waals surface area contributed by atoms with Crippen molar-refractivity contribution in [1.82, 2.24) is 0 Å². The van der Waals surface area contributed by atoms with Crippen LogP contribution < -0.4 is 0 Å². The molecule has 0 amide bonds. The predicted molar refractivity (Wildman–Crippen MR) is 33.7 cm³/mol. The zero-order valence-corrected chi connectivity index (χ0v) is 5.68. The molecule has 1 atom stereocenters. The topological polar surface area (TPSA) is 17.1 Å². The molecule has 0 aromatic heterocycles. The minimum Gasteiger partial charge on any atom is -0.253 e. The summed E-state index contributed by atoms with van der Waals surface area (Å²) in [5.41, 5.74) is 0. The largest absolute Gasteiger partial charge is 0.253 e. The van der Waals surface area contributed by atoms with Gasteiger partial charge in [-0.05, 0) is 0 Å². The van der Waals surface area contributed by atoms with Gasteiger partial charge in [0, 0.05) is 5.75 Å². The molecule has 1 unspecified atom stereocenters. The molecule has 1 nitrogen and oxygen atoms in total. The predicted octanol–water partition coefficient (Wildman–Crippen LogP) is 1.47. The maximum Gasteiger partial charge on any atom is 0.0974 e. The lowest BCUT2D eigenvalue weighted by Crippen LogP contribution is -1.88. The van der Waals surface area contributed by atoms with E-state index < -0.39 is 10.8 Å². The van der Waals surface area contributed by atoms with E-state index >= 15 is 0 Å². The Hall–Kier alpha value is 0.180. The van der Waals surface area contributed by atoms with Crippen LogP contribution in [-0.4, -0.2) is 9.96 Å². The fraction of sp³-hybridized carbons (Fsp3) is 0.500. The van der Waals surface area contributed by atoms with Gasteiger partial charge in [0.15, 0.2) is 0 Å². The molecule has 0 bridgehead atoms. The van der Waals surface area contributed by atoms with E-state index in [-0.39, 0.29) is 4.36 Å². The van der Waals surface area contributed by atoms with Crippen molar-refractivity contribution in [2.75, 3.05) is 5.75 Å². The van der Waals surface area contributed by atoms with Crippen LogP contribution in [-0.2, 0) is 10.8 Å². The molecule has 0 aromatic rings. The second kappa shape index (κ2) is 3.22. The third-order valence-electron chi connectivity index (χ3n) is 0.509. The Balaban J connectivity index is 3.58. The van der Waals surface area contributed by atoms with E-state index in [1.165, 1.54) is 0 Å². The number of hydrogen-bond acceptors (Lipinski definition) is 1. The third-order valence-corrected chi connectivity index (χ3v) is 2.04. The molecule has 3 heteroatoms. The van der Waals surface area contributed by atoms with Gasteiger partial charge in [0.2, 0.25) is 0 Å². The maximum atomic E-state index is 10.4. The van der Waals surface area contributed by atoms with Gasteiger partial charge >= 0.3 is 0 Å². The van der Waals surface area contributed by atoms with Crippen LogP contribution in [0, 0.1) is 0 Å². The first-order chi connectivity index (χ1) is 3.18. The number of rotatable bonds is 2. The summed E-state index contributed by atoms with van der Waals surface area (Å²) < 4.78 is 10.6. The Morgan fingerprint density at radius 3 is 2.43 bits per heavy atom. The van der Waals surface area contributed by atoms with Crippen molar-refractivity contribution in [3.63, 3.8) is 0 Å². The van der Waals surface area contributed by atoms with E-state index in [1.54, 1.807) is 6.92 Å². The summed E-state index contributed by atoms with van der Waals surface area (Å²) in [6.45, 7) is 5.09. The highest BCUT2D eigenvalue weighted by Crippen LogP contribution is 2.01. The van der Waals surface area contributed by atoms with E-state index in [1.807, 2.05) is 0 Å². The van der Waals surface area contributed by atoms with E-state index in [2.05, 4.69) is 6.58 Å². The fourth-order valence-electron chi connectivity index (χ4n) is 0.157. The molecule has 0 N–H and O–H groups in total. The van der Waals surface area contributed by atoms with Gasteiger partial charge in [-0.15, -0.1) is 0 Å². The van der Waals surface area contributed by atoms with Crippen molar-refractivity contribution in [3.8, 4) is 0 Å². The molecule has 0 radical (unpaired) electrons. The second-order valence-corrected chi connectivity index (χ2v) is 3.43. The van der Waals surface area contributed by atoms with Gasteiger partial charge in [-0.25, -0.2) is 0 Å². The lowest BCUT2D eigenvalue weighted by molar-refractivity contribution is 0.688. The zero-order chi connectivity index (χ0) is 5.86. The first-order valence-electron chi connectivity index (χ1n) is 1.91. The summed E-state index contributed by atoms with van der Waals surface area (Å²) in [5.74, 6) is 0.558. The Morgan fingerprint density at radius 1 is 2.00 bits per heavy atom. The molecule has 7 heavy (non-hydrogen) atoms. The molecule has 0 aromatic carbocycles. The monoisotopic (exact) mass is 138 g/mol. The van der Waals surface area contributed by atoms with E-state index in [0.717, 1.165) is 0 Å². The van der Waals surface area contributed by atoms with E-state index in [0.29, 0.717) is 5.75 Å². The van der Waals surface area contributed by atoms with Gasteiger partial charge in [-0.2, -0.15) is 0 Å². The van der Waals surface area contributed by atoms with Gasteiger partial charge in [0.25, 0.3) is 0 Å². The van der Waals surface area contributed by atoms with Crippen molar-refractivity contribution in [2.24, 2.45) is 0 Å². The summed E-state index contributed by atoms with van der Waals surface area (Å²) in [7, 11) is -1.01. The zero-order valence-electron chi connectivity index (χ0n) is 4.11. The lowest BCUT2D eigenvalue weighted by atomic mass is 11.0. The summed E-state index contributed by atoms with van der Waals surface area (Å²) in [6.07, 6.45) is 0. The molecule has 0 spiro atoms. The average Bonchev–Trinajstić information content (AvgIpc) is 1.65. The average molecular weight is 139 g/mol. The molecular formula is C4H7ClOS. The van der Waals surface area contributed by atoms with Gasteiger partial charge in [0.1, 0.15) is 0 Å². The Bertz CT molecular complexity index is 99.9. The van der Waals surface area contributed by atoms with Crippen LogP contribution in [0.5, 0.6) is 0 Å². The molecular weight excluding hydrogens is 132 g/mol. The van der Waals surface area contributed by atoms with Crippen LogP contribution in [0.3, 0.4) is 0 Å². The number of hydrogen-bond donors (Lipinski definition) is 0. The fourth-order valence-corrected chi connectivity index (χ4v) is 0.797. The van der Waals surface area contributed by atoms with E-state index in [4.69, 9.17) is 11.6 Å². The molecule has 0 saturated heterocycles. The summed E-state index contributed by atoms with van der Waals surface area (Å²) >= 11 is 5.23. The minimum atomic E-state index is -1.01. The van der Waals surface area contributed by atoms with Crippen LogP contribution in [0.4, 0.5) is 0 Å². The summed E-state index contributed by atoms with van der Waals surface area (Å²) in [5, 5.41) is 0. The maximum absolute atomic E-state index is 10.4.